The molecule has 0 aliphatic heterocycles. The van der Waals surface area contributed by atoms with Crippen LogP contribution in [0.15, 0.2) is 85.2 Å². The molecular weight excluding hydrogens is 420 g/mol. The summed E-state index contributed by atoms with van der Waals surface area (Å²) >= 11 is 0. The van der Waals surface area contributed by atoms with E-state index in [1.807, 2.05) is 55.7 Å². The van der Waals surface area contributed by atoms with Gasteiger partial charge in [0.05, 0.1) is 5.41 Å². The summed E-state index contributed by atoms with van der Waals surface area (Å²) in [4.78, 5) is 28.7. The lowest BCUT2D eigenvalue weighted by Gasteiger charge is -2.38. The van der Waals surface area contributed by atoms with Gasteiger partial charge in [-0.3, -0.25) is 9.59 Å². The van der Waals surface area contributed by atoms with E-state index in [2.05, 4.69) is 52.7 Å². The van der Waals surface area contributed by atoms with E-state index in [0.717, 1.165) is 33.6 Å². The largest absolute Gasteiger partial charge is 0.354 e. The van der Waals surface area contributed by atoms with Gasteiger partial charge in [0.25, 0.3) is 0 Å². The Kier molecular flexibility index (Phi) is 3.89. The Morgan fingerprint density at radius 2 is 1.29 bits per heavy atom. The van der Waals surface area contributed by atoms with Gasteiger partial charge in [0, 0.05) is 72.7 Å². The second kappa shape index (κ2) is 6.69. The number of Topliss-reactive ketones (excluding diaryl/α,β-unsaturated/α-hetero) is 2. The van der Waals surface area contributed by atoms with Gasteiger partial charge < -0.3 is 9.13 Å². The van der Waals surface area contributed by atoms with Gasteiger partial charge in [-0.15, -0.1) is 0 Å². The Labute approximate surface area is 198 Å². The minimum Gasteiger partial charge on any atom is -0.354 e. The molecule has 1 spiro atoms. The van der Waals surface area contributed by atoms with E-state index in [1.54, 1.807) is 0 Å². The number of rotatable bonds is 2. The molecule has 4 nitrogen and oxygen atoms in total. The molecule has 3 aliphatic carbocycles. The molecule has 0 unspecified atom stereocenters. The molecule has 0 saturated heterocycles. The number of aryl methyl sites for hydroxylation is 2. The fourth-order valence-corrected chi connectivity index (χ4v) is 7.66. The molecular formula is C30H26N2O2. The molecule has 0 bridgehead atoms. The third-order valence-electron chi connectivity index (χ3n) is 8.88. The molecule has 0 N–H and O–H groups in total. The maximum absolute atomic E-state index is 14.6. The predicted molar refractivity (Wildman–Crippen MR) is 130 cm³/mol. The summed E-state index contributed by atoms with van der Waals surface area (Å²) in [7, 11) is 4.09. The minimum absolute atomic E-state index is 0.0320. The van der Waals surface area contributed by atoms with Crippen LogP contribution in [0.2, 0.25) is 0 Å². The average molecular weight is 447 g/mol. The number of carbonyl (C=O) groups is 2. The van der Waals surface area contributed by atoms with Crippen molar-refractivity contribution in [2.75, 3.05) is 0 Å². The highest BCUT2D eigenvalue weighted by atomic mass is 16.1. The lowest BCUT2D eigenvalue weighted by atomic mass is 9.64. The van der Waals surface area contributed by atoms with Crippen molar-refractivity contribution < 1.29 is 9.59 Å². The van der Waals surface area contributed by atoms with E-state index < -0.39 is 5.41 Å². The van der Waals surface area contributed by atoms with Gasteiger partial charge in [0.15, 0.2) is 11.6 Å². The topological polar surface area (TPSA) is 44.0 Å². The smallest absolute Gasteiger partial charge is 0.171 e. The molecule has 0 radical (unpaired) electrons. The molecule has 0 amide bonds. The molecule has 2 aromatic carbocycles. The number of fused-ring (bicyclic) bond motifs is 4. The minimum atomic E-state index is -0.708. The highest BCUT2D eigenvalue weighted by Gasteiger charge is 2.71. The first-order valence-corrected chi connectivity index (χ1v) is 12.0. The summed E-state index contributed by atoms with van der Waals surface area (Å²) in [6, 6.07) is 24.5. The van der Waals surface area contributed by atoms with Gasteiger partial charge >= 0.3 is 0 Å². The van der Waals surface area contributed by atoms with Crippen LogP contribution >= 0.6 is 0 Å². The van der Waals surface area contributed by atoms with Crippen LogP contribution in [0.1, 0.15) is 61.0 Å². The Hall–Kier alpha value is -3.66. The van der Waals surface area contributed by atoms with Crippen LogP contribution in [0.5, 0.6) is 0 Å². The first-order valence-electron chi connectivity index (χ1n) is 12.0. The van der Waals surface area contributed by atoms with E-state index in [1.165, 1.54) is 0 Å². The molecule has 4 aromatic rings. The Morgan fingerprint density at radius 3 is 1.91 bits per heavy atom. The molecule has 1 saturated carbocycles. The van der Waals surface area contributed by atoms with Gasteiger partial charge in [0.2, 0.25) is 0 Å². The van der Waals surface area contributed by atoms with E-state index in [0.29, 0.717) is 6.42 Å². The third kappa shape index (κ3) is 2.24. The maximum Gasteiger partial charge on any atom is 0.171 e. The third-order valence-corrected chi connectivity index (χ3v) is 8.88. The van der Waals surface area contributed by atoms with Crippen LogP contribution in [0, 0.1) is 11.3 Å². The van der Waals surface area contributed by atoms with Crippen molar-refractivity contribution in [2.24, 2.45) is 25.4 Å². The molecule has 168 valence electrons. The van der Waals surface area contributed by atoms with Crippen molar-refractivity contribution in [3.63, 3.8) is 0 Å². The van der Waals surface area contributed by atoms with Crippen molar-refractivity contribution >= 4 is 11.6 Å². The molecule has 34 heavy (non-hydrogen) atoms. The zero-order valence-corrected chi connectivity index (χ0v) is 19.3. The monoisotopic (exact) mass is 446 g/mol. The van der Waals surface area contributed by atoms with Gasteiger partial charge in [0.1, 0.15) is 0 Å². The quantitative estimate of drug-likeness (QED) is 0.421. The van der Waals surface area contributed by atoms with E-state index in [-0.39, 0.29) is 35.2 Å². The number of benzene rings is 2. The maximum atomic E-state index is 14.6. The zero-order valence-electron chi connectivity index (χ0n) is 19.3. The SMILES string of the molecule is Cn1cccc1[C@@H]1[C@H]2C(=O)c3ccccc3[C@H]2[C@H](c2cccn2C)[C@]12Cc1ccccc1C2=O. The summed E-state index contributed by atoms with van der Waals surface area (Å²) in [5.74, 6) is -0.200. The number of nitrogens with zero attached hydrogens (tertiary/aromatic N) is 2. The fraction of sp³-hybridized carbons (Fsp3) is 0.267. The standard InChI is InChI=1S/C30H26N2O2/c1-31-15-7-13-22(31)26-24-20-11-5-6-12-21(20)28(33)25(24)27(23-14-8-16-32(23)2)30(26)17-18-9-3-4-10-19(18)29(30)34/h3-16,24-27H,17H2,1-2H3/t24-,25+,26+,27-,30-/m1/s1. The number of carbonyl (C=O) groups excluding carboxylic acids is 2. The Bertz CT molecular complexity index is 1490. The van der Waals surface area contributed by atoms with Crippen LogP contribution in [0.3, 0.4) is 0 Å². The van der Waals surface area contributed by atoms with Gasteiger partial charge in [-0.1, -0.05) is 48.5 Å². The lowest BCUT2D eigenvalue weighted by molar-refractivity contribution is 0.0736. The Balaban J connectivity index is 1.58. The number of aromatic nitrogens is 2. The second-order valence-electron chi connectivity index (χ2n) is 10.2. The molecule has 4 heteroatoms. The number of hydrogen-bond acceptors (Lipinski definition) is 2. The molecule has 2 aromatic heterocycles. The zero-order chi connectivity index (χ0) is 23.2. The summed E-state index contributed by atoms with van der Waals surface area (Å²) in [5.41, 5.74) is 5.36. The van der Waals surface area contributed by atoms with Gasteiger partial charge in [-0.2, -0.15) is 0 Å². The van der Waals surface area contributed by atoms with E-state index in [9.17, 15) is 9.59 Å². The first kappa shape index (κ1) is 19.8. The number of ketones is 2. The highest BCUT2D eigenvalue weighted by Crippen LogP contribution is 2.72. The molecule has 2 heterocycles. The first-order chi connectivity index (χ1) is 16.5. The Morgan fingerprint density at radius 1 is 0.706 bits per heavy atom. The van der Waals surface area contributed by atoms with Crippen molar-refractivity contribution in [3.8, 4) is 0 Å². The molecule has 3 aliphatic rings. The summed E-state index contributed by atoms with van der Waals surface area (Å²) < 4.78 is 4.27. The predicted octanol–water partition coefficient (Wildman–Crippen LogP) is 5.27. The fourth-order valence-electron chi connectivity index (χ4n) is 7.66. The van der Waals surface area contributed by atoms with Gasteiger partial charge in [-0.25, -0.2) is 0 Å². The molecule has 1 fully saturated rings. The van der Waals surface area contributed by atoms with Crippen molar-refractivity contribution in [3.05, 3.63) is 119 Å². The second-order valence-corrected chi connectivity index (χ2v) is 10.2. The normalized spacial score (nSPS) is 29.0. The lowest BCUT2D eigenvalue weighted by Crippen LogP contribution is -2.40. The molecule has 5 atom stereocenters. The summed E-state index contributed by atoms with van der Waals surface area (Å²) in [6.07, 6.45) is 4.76. The molecule has 7 rings (SSSR count). The van der Waals surface area contributed by atoms with Crippen LogP contribution in [-0.2, 0) is 20.5 Å². The van der Waals surface area contributed by atoms with E-state index >= 15 is 0 Å². The summed E-state index contributed by atoms with van der Waals surface area (Å²) in [6.45, 7) is 0. The van der Waals surface area contributed by atoms with E-state index in [4.69, 9.17) is 0 Å². The van der Waals surface area contributed by atoms with Crippen molar-refractivity contribution in [1.82, 2.24) is 9.13 Å². The summed E-state index contributed by atoms with van der Waals surface area (Å²) in [5, 5.41) is 0. The van der Waals surface area contributed by atoms with Crippen LogP contribution in [-0.4, -0.2) is 20.7 Å². The van der Waals surface area contributed by atoms with Crippen molar-refractivity contribution in [1.29, 1.82) is 0 Å². The van der Waals surface area contributed by atoms with Crippen molar-refractivity contribution in [2.45, 2.75) is 24.2 Å². The van der Waals surface area contributed by atoms with Gasteiger partial charge in [-0.05, 0) is 41.8 Å². The highest BCUT2D eigenvalue weighted by molar-refractivity contribution is 6.10. The average Bonchev–Trinajstić information content (AvgIpc) is 3.63. The van der Waals surface area contributed by atoms with Crippen LogP contribution in [0.4, 0.5) is 0 Å². The van der Waals surface area contributed by atoms with Crippen LogP contribution in [0.25, 0.3) is 0 Å². The number of hydrogen-bond donors (Lipinski definition) is 0. The van der Waals surface area contributed by atoms with Crippen LogP contribution < -0.4 is 0 Å².